The van der Waals surface area contributed by atoms with E-state index in [1.807, 2.05) is 24.3 Å². The summed E-state index contributed by atoms with van der Waals surface area (Å²) in [5.41, 5.74) is 12.5. The van der Waals surface area contributed by atoms with Gasteiger partial charge in [-0.15, -0.1) is 0 Å². The lowest BCUT2D eigenvalue weighted by atomic mass is 10.1. The van der Waals surface area contributed by atoms with E-state index in [9.17, 15) is 29.4 Å². The van der Waals surface area contributed by atoms with Gasteiger partial charge < -0.3 is 34.8 Å². The predicted octanol–water partition coefficient (Wildman–Crippen LogP) is 10.6. The molecule has 21 heteroatoms. The summed E-state index contributed by atoms with van der Waals surface area (Å²) in [5, 5.41) is 35.0. The molecule has 0 fully saturated rings. The number of nitrogens with one attached hydrogen (secondary N) is 5. The fraction of sp³-hybridized carbons (Fsp3) is 0.423. The largest absolute Gasteiger partial charge is 0.480 e. The van der Waals surface area contributed by atoms with E-state index in [1.165, 1.54) is 26.0 Å². The molecule has 4 aromatic rings. The number of nitrogen functional groups attached to an aromatic ring is 1. The standard InChI is InChI=1S/C26H35ClN4O4Si.C14H24N2O2Si.C12H13ClN2O3/c1-16-20(13-14-21(28-6)22(16)27)29-23(17(2)32)25(34)31-30-24(33)19-11-9-18(10-12-19)15-35-36(7,8)26(3,4)5;1-14(2,3)19(4,5)18-10-11-6-8-12(9-7-11)13(17)16-15;1-6-8(4-5-9(14-3)10(6)13)15-11(7(2)16)12(17)18/h9-14,17,23,29,32H,15H2,1-5,7-8H3,(H,30,33)(H,31,34);6-9H,10,15H2,1-5H3,(H,16,17);4-5,7,11,15-16H,1-2H3,(H,17,18)/t17-,23+;;7-,11+/m0.0/s1. The number of carboxylic acid groups (broad SMARTS) is 1. The van der Waals surface area contributed by atoms with Crippen LogP contribution >= 0.6 is 23.2 Å². The summed E-state index contributed by atoms with van der Waals surface area (Å²) in [4.78, 5) is 54.1. The Morgan fingerprint density at radius 3 is 1.30 bits per heavy atom. The summed E-state index contributed by atoms with van der Waals surface area (Å²) >= 11 is 12.2. The molecule has 10 N–H and O–H groups in total. The highest BCUT2D eigenvalue weighted by Gasteiger charge is 2.38. The van der Waals surface area contributed by atoms with Crippen molar-refractivity contribution in [1.82, 2.24) is 16.3 Å². The van der Waals surface area contributed by atoms with E-state index in [1.54, 1.807) is 50.2 Å². The normalized spacial score (nSPS) is 13.1. The van der Waals surface area contributed by atoms with Crippen LogP contribution in [0, 0.1) is 27.0 Å². The first-order valence-corrected chi connectivity index (χ1v) is 29.8. The number of benzene rings is 4. The van der Waals surface area contributed by atoms with Crippen LogP contribution in [-0.2, 0) is 31.7 Å². The highest BCUT2D eigenvalue weighted by Crippen LogP contribution is 2.39. The molecule has 0 aliphatic carbocycles. The number of nitrogens with zero attached hydrogens (tertiary/aromatic N) is 2. The molecule has 4 aromatic carbocycles. The summed E-state index contributed by atoms with van der Waals surface area (Å²) < 4.78 is 12.3. The van der Waals surface area contributed by atoms with Crippen molar-refractivity contribution in [3.05, 3.63) is 139 Å². The molecule has 0 spiro atoms. The van der Waals surface area contributed by atoms with E-state index < -0.39 is 58.7 Å². The minimum Gasteiger partial charge on any atom is -0.480 e. The maximum Gasteiger partial charge on any atom is 0.328 e. The predicted molar refractivity (Wildman–Crippen MR) is 295 cm³/mol. The average molecular weight is 1080 g/mol. The molecule has 73 heavy (non-hydrogen) atoms. The number of rotatable bonds is 16. The number of carbonyl (C=O) groups is 4. The summed E-state index contributed by atoms with van der Waals surface area (Å²) in [6, 6.07) is 18.3. The van der Waals surface area contributed by atoms with Gasteiger partial charge in [0.25, 0.3) is 17.7 Å². The van der Waals surface area contributed by atoms with Crippen LogP contribution in [0.1, 0.15) is 98.4 Å². The maximum atomic E-state index is 12.7. The Morgan fingerprint density at radius 1 is 0.630 bits per heavy atom. The Balaban J connectivity index is 0.000000414. The molecule has 0 saturated heterocycles. The van der Waals surface area contributed by atoms with Crippen LogP contribution < -0.4 is 32.8 Å². The maximum absolute atomic E-state index is 12.7. The molecule has 396 valence electrons. The van der Waals surface area contributed by atoms with Crippen molar-refractivity contribution in [3.63, 3.8) is 0 Å². The van der Waals surface area contributed by atoms with E-state index in [4.69, 9.17) is 56.1 Å². The molecule has 0 aromatic heterocycles. The lowest BCUT2D eigenvalue weighted by Gasteiger charge is -2.36. The topological polar surface area (TPSA) is 242 Å². The van der Waals surface area contributed by atoms with Crippen molar-refractivity contribution >= 4 is 86.3 Å². The molecular weight excluding hydrogens is 1010 g/mol. The van der Waals surface area contributed by atoms with Gasteiger partial charge in [0.2, 0.25) is 11.4 Å². The number of nitrogens with two attached hydrogens (primary N) is 1. The third-order valence-corrected chi connectivity index (χ3v) is 22.7. The highest BCUT2D eigenvalue weighted by atomic mass is 35.5. The van der Waals surface area contributed by atoms with Crippen molar-refractivity contribution in [2.75, 3.05) is 10.6 Å². The van der Waals surface area contributed by atoms with E-state index in [-0.39, 0.29) is 26.0 Å². The molecule has 0 heterocycles. The zero-order valence-electron chi connectivity index (χ0n) is 44.2. The van der Waals surface area contributed by atoms with Crippen molar-refractivity contribution in [2.45, 2.75) is 143 Å². The summed E-state index contributed by atoms with van der Waals surface area (Å²) in [7, 11) is -3.61. The number of hydrazine groups is 2. The SMILES string of the molecule is CC(C)(C)[Si](C)(C)OCc1ccc(C(=O)NN)cc1.[C-]#[N+]c1ccc(N[C@@H](C(=O)NNC(=O)c2ccc(CO[Si](C)(C)C(C)(C)C)cc2)[C@H](C)O)c(C)c1Cl.[C-]#[N+]c1ccc(N[C@@H](C(=O)O)[C@H](C)O)c(C)c1Cl. The number of aliphatic hydroxyl groups excluding tert-OH is 2. The smallest absolute Gasteiger partial charge is 0.328 e. The fourth-order valence-electron chi connectivity index (χ4n) is 5.77. The first-order chi connectivity index (χ1) is 33.7. The van der Waals surface area contributed by atoms with Crippen LogP contribution in [0.4, 0.5) is 22.7 Å². The van der Waals surface area contributed by atoms with Crippen LogP contribution in [0.15, 0.2) is 72.8 Å². The average Bonchev–Trinajstić information content (AvgIpc) is 3.32. The number of anilines is 2. The summed E-state index contributed by atoms with van der Waals surface area (Å²) in [5.74, 6) is 2.52. The molecule has 4 atom stereocenters. The minimum atomic E-state index is -1.88. The van der Waals surface area contributed by atoms with E-state index >= 15 is 0 Å². The molecular formula is C52H72Cl2N8O9Si2. The van der Waals surface area contributed by atoms with Gasteiger partial charge in [-0.2, -0.15) is 0 Å². The number of aliphatic carboxylic acids is 1. The lowest BCUT2D eigenvalue weighted by molar-refractivity contribution is -0.140. The summed E-state index contributed by atoms with van der Waals surface area (Å²) in [6.07, 6.45) is -2.14. The number of hydrogen-bond donors (Lipinski definition) is 9. The zero-order valence-corrected chi connectivity index (χ0v) is 47.7. The molecule has 0 saturated carbocycles. The molecule has 0 unspecified atom stereocenters. The van der Waals surface area contributed by atoms with Gasteiger partial charge in [-0.05, 0) is 123 Å². The van der Waals surface area contributed by atoms with Crippen LogP contribution in [0.2, 0.25) is 46.3 Å². The number of hydrogen-bond acceptors (Lipinski definition) is 11. The van der Waals surface area contributed by atoms with E-state index in [2.05, 4.69) is 104 Å². The second kappa shape index (κ2) is 27.4. The Hall–Kier alpha value is -5.85. The third kappa shape index (κ3) is 18.5. The van der Waals surface area contributed by atoms with Crippen molar-refractivity contribution in [2.24, 2.45) is 5.84 Å². The third-order valence-electron chi connectivity index (χ3n) is 12.8. The van der Waals surface area contributed by atoms with Gasteiger partial charge in [0.05, 0.1) is 48.6 Å². The fourth-order valence-corrected chi connectivity index (χ4v) is 8.11. The van der Waals surface area contributed by atoms with Gasteiger partial charge in [-0.1, -0.05) is 101 Å². The van der Waals surface area contributed by atoms with Gasteiger partial charge in [-0.25, -0.2) is 20.3 Å². The summed E-state index contributed by atoms with van der Waals surface area (Å²) in [6.45, 7) is 43.4. The van der Waals surface area contributed by atoms with Crippen LogP contribution in [-0.4, -0.2) is 79.9 Å². The quantitative estimate of drug-likeness (QED) is 0.0167. The molecule has 0 aliphatic heterocycles. The lowest BCUT2D eigenvalue weighted by Crippen LogP contribution is -2.52. The van der Waals surface area contributed by atoms with Crippen molar-refractivity contribution in [3.8, 4) is 0 Å². The van der Waals surface area contributed by atoms with Gasteiger partial charge in [0.1, 0.15) is 6.04 Å². The molecule has 0 aliphatic rings. The molecule has 0 bridgehead atoms. The Labute approximate surface area is 442 Å². The second-order valence-corrected chi connectivity index (χ2v) is 30.7. The molecule has 3 amide bonds. The Bertz CT molecular complexity index is 2620. The van der Waals surface area contributed by atoms with Gasteiger partial charge >= 0.3 is 5.97 Å². The second-order valence-electron chi connectivity index (χ2n) is 20.3. The zero-order chi connectivity index (χ0) is 55.8. The molecule has 4 rings (SSSR count). The number of aliphatic hydroxyl groups is 2. The number of carboxylic acids is 1. The number of carbonyl (C=O) groups excluding carboxylic acids is 3. The highest BCUT2D eigenvalue weighted by molar-refractivity contribution is 6.74. The minimum absolute atomic E-state index is 0.107. The van der Waals surface area contributed by atoms with E-state index in [0.717, 1.165) is 11.1 Å². The van der Waals surface area contributed by atoms with Gasteiger partial charge in [-0.3, -0.25) is 30.7 Å². The number of halogens is 2. The van der Waals surface area contributed by atoms with E-state index in [0.29, 0.717) is 58.2 Å². The van der Waals surface area contributed by atoms with Crippen LogP contribution in [0.25, 0.3) is 9.69 Å². The molecule has 0 radical (unpaired) electrons. The van der Waals surface area contributed by atoms with Gasteiger partial charge in [0.15, 0.2) is 22.7 Å². The Kier molecular flexibility index (Phi) is 23.8. The van der Waals surface area contributed by atoms with Crippen LogP contribution in [0.3, 0.4) is 0 Å². The Morgan fingerprint density at radius 2 is 0.986 bits per heavy atom. The van der Waals surface area contributed by atoms with Gasteiger partial charge in [0, 0.05) is 22.5 Å². The first kappa shape index (κ1) is 63.3. The van der Waals surface area contributed by atoms with Crippen molar-refractivity contribution in [1.29, 1.82) is 0 Å². The monoisotopic (exact) mass is 1080 g/mol. The molecule has 17 nitrogen and oxygen atoms in total. The number of amides is 3. The van der Waals surface area contributed by atoms with Crippen molar-refractivity contribution < 1.29 is 43.3 Å². The first-order valence-electron chi connectivity index (χ1n) is 23.3. The van der Waals surface area contributed by atoms with Crippen LogP contribution in [0.5, 0.6) is 0 Å².